The second-order valence-electron chi connectivity index (χ2n) is 9.28. The first-order valence-electron chi connectivity index (χ1n) is 12.4. The molecular formula is C28H42O3S. The van der Waals surface area contributed by atoms with Crippen LogP contribution in [0.1, 0.15) is 103 Å². The number of hydrogen-bond donors (Lipinski definition) is 1. The fraction of sp³-hybridized carbons (Fsp3) is 0.607. The van der Waals surface area contributed by atoms with Gasteiger partial charge in [0, 0.05) is 17.2 Å². The summed E-state index contributed by atoms with van der Waals surface area (Å²) in [5.74, 6) is 1.73. The van der Waals surface area contributed by atoms with E-state index in [-0.39, 0.29) is 22.9 Å². The van der Waals surface area contributed by atoms with Crippen molar-refractivity contribution < 1.29 is 14.6 Å². The minimum Gasteiger partial charge on any atom is -0.507 e. The van der Waals surface area contributed by atoms with Gasteiger partial charge in [0.1, 0.15) is 11.5 Å². The van der Waals surface area contributed by atoms with Crippen LogP contribution in [0.15, 0.2) is 35.9 Å². The van der Waals surface area contributed by atoms with Crippen molar-refractivity contribution in [2.75, 3.05) is 5.75 Å². The lowest BCUT2D eigenvalue weighted by molar-refractivity contribution is 0.226. The Morgan fingerprint density at radius 1 is 1.16 bits per heavy atom. The molecule has 0 heterocycles. The molecule has 3 nitrogen and oxygen atoms in total. The van der Waals surface area contributed by atoms with Crippen LogP contribution in [0.4, 0.5) is 4.79 Å². The van der Waals surface area contributed by atoms with Crippen LogP contribution < -0.4 is 4.74 Å². The van der Waals surface area contributed by atoms with E-state index in [9.17, 15) is 9.90 Å². The third-order valence-corrected chi connectivity index (χ3v) is 7.19. The number of phenolic OH excluding ortho intramolecular Hbond substituents is 1. The molecule has 0 radical (unpaired) electrons. The Balaban J connectivity index is 2.31. The SMILES string of the molecule is C=C(C)[C@@H]1CCC(C)=C[C@H]1c1c(O)cc(CCCCC)cc1OC(=O)SCCCCCC. The van der Waals surface area contributed by atoms with Gasteiger partial charge in [0.2, 0.25) is 0 Å². The molecule has 1 aliphatic carbocycles. The molecule has 1 aromatic rings. The van der Waals surface area contributed by atoms with Gasteiger partial charge in [-0.3, -0.25) is 0 Å². The molecule has 1 aromatic carbocycles. The van der Waals surface area contributed by atoms with Crippen LogP contribution >= 0.6 is 11.8 Å². The van der Waals surface area contributed by atoms with Crippen LogP contribution in [0.2, 0.25) is 0 Å². The minimum absolute atomic E-state index is 0.0247. The number of unbranched alkanes of at least 4 members (excludes halogenated alkanes) is 5. The van der Waals surface area contributed by atoms with Crippen LogP contribution in [0.3, 0.4) is 0 Å². The Hall–Kier alpha value is -1.68. The normalized spacial score (nSPS) is 18.3. The van der Waals surface area contributed by atoms with E-state index in [1.165, 1.54) is 30.2 Å². The number of allylic oxidation sites excluding steroid dienone is 3. The summed E-state index contributed by atoms with van der Waals surface area (Å²) in [6.45, 7) is 12.8. The van der Waals surface area contributed by atoms with E-state index in [4.69, 9.17) is 4.74 Å². The van der Waals surface area contributed by atoms with Gasteiger partial charge in [0.25, 0.3) is 0 Å². The molecule has 1 N–H and O–H groups in total. The van der Waals surface area contributed by atoms with Crippen molar-refractivity contribution in [2.45, 2.75) is 97.8 Å². The smallest absolute Gasteiger partial charge is 0.372 e. The van der Waals surface area contributed by atoms with Crippen molar-refractivity contribution in [2.24, 2.45) is 5.92 Å². The maximum absolute atomic E-state index is 12.7. The third-order valence-electron chi connectivity index (χ3n) is 6.37. The summed E-state index contributed by atoms with van der Waals surface area (Å²) >= 11 is 1.24. The maximum Gasteiger partial charge on any atom is 0.372 e. The molecule has 0 bridgehead atoms. The average Bonchev–Trinajstić information content (AvgIpc) is 2.73. The molecular weight excluding hydrogens is 416 g/mol. The van der Waals surface area contributed by atoms with Crippen molar-refractivity contribution in [3.05, 3.63) is 47.1 Å². The van der Waals surface area contributed by atoms with Crippen LogP contribution in [0, 0.1) is 5.92 Å². The highest BCUT2D eigenvalue weighted by atomic mass is 32.2. The molecule has 0 saturated carbocycles. The predicted molar refractivity (Wildman–Crippen MR) is 138 cm³/mol. The van der Waals surface area contributed by atoms with E-state index in [0.717, 1.165) is 73.8 Å². The van der Waals surface area contributed by atoms with Crippen molar-refractivity contribution in [1.29, 1.82) is 0 Å². The molecule has 1 aliphatic rings. The van der Waals surface area contributed by atoms with E-state index in [1.807, 2.05) is 12.1 Å². The number of rotatable bonds is 12. The molecule has 0 unspecified atom stereocenters. The predicted octanol–water partition coefficient (Wildman–Crippen LogP) is 8.95. The number of carbonyl (C=O) groups excluding carboxylic acids is 1. The summed E-state index contributed by atoms with van der Waals surface area (Å²) in [5, 5.41) is 10.8. The van der Waals surface area contributed by atoms with E-state index in [2.05, 4.69) is 40.3 Å². The lowest BCUT2D eigenvalue weighted by Gasteiger charge is -2.32. The maximum atomic E-state index is 12.7. The number of phenols is 1. The average molecular weight is 459 g/mol. The van der Waals surface area contributed by atoms with E-state index >= 15 is 0 Å². The third kappa shape index (κ3) is 8.03. The number of aryl methyl sites for hydroxylation is 1. The first-order valence-corrected chi connectivity index (χ1v) is 13.4. The second-order valence-corrected chi connectivity index (χ2v) is 10.3. The van der Waals surface area contributed by atoms with Gasteiger partial charge in [-0.25, -0.2) is 4.79 Å². The molecule has 0 amide bonds. The minimum atomic E-state index is -0.281. The van der Waals surface area contributed by atoms with Crippen molar-refractivity contribution in [1.82, 2.24) is 0 Å². The van der Waals surface area contributed by atoms with Gasteiger partial charge >= 0.3 is 5.30 Å². The van der Waals surface area contributed by atoms with Gasteiger partial charge < -0.3 is 9.84 Å². The summed E-state index contributed by atoms with van der Waals surface area (Å²) in [6.07, 6.45) is 13.0. The summed E-state index contributed by atoms with van der Waals surface area (Å²) in [6, 6.07) is 3.85. The van der Waals surface area contributed by atoms with Crippen molar-refractivity contribution >= 4 is 17.1 Å². The first-order chi connectivity index (χ1) is 15.4. The highest BCUT2D eigenvalue weighted by Crippen LogP contribution is 2.47. The fourth-order valence-corrected chi connectivity index (χ4v) is 5.18. The van der Waals surface area contributed by atoms with Gasteiger partial charge in [-0.15, -0.1) is 0 Å². The summed E-state index contributed by atoms with van der Waals surface area (Å²) < 4.78 is 5.90. The summed E-state index contributed by atoms with van der Waals surface area (Å²) in [5.41, 5.74) is 4.17. The Kier molecular flexibility index (Phi) is 11.4. The Labute approximate surface area is 199 Å². The van der Waals surface area contributed by atoms with Gasteiger partial charge in [-0.05, 0) is 81.3 Å². The second kappa shape index (κ2) is 13.8. The quantitative estimate of drug-likeness (QED) is 0.193. The van der Waals surface area contributed by atoms with E-state index in [0.29, 0.717) is 5.75 Å². The van der Waals surface area contributed by atoms with E-state index in [1.54, 1.807) is 0 Å². The number of carbonyl (C=O) groups is 1. The van der Waals surface area contributed by atoms with E-state index < -0.39 is 0 Å². The van der Waals surface area contributed by atoms with Gasteiger partial charge in [0.15, 0.2) is 0 Å². The molecule has 32 heavy (non-hydrogen) atoms. The molecule has 2 rings (SSSR count). The van der Waals surface area contributed by atoms with Gasteiger partial charge in [0.05, 0.1) is 0 Å². The van der Waals surface area contributed by atoms with Crippen LogP contribution in [0.5, 0.6) is 11.5 Å². The molecule has 0 fully saturated rings. The zero-order valence-electron chi connectivity index (χ0n) is 20.5. The molecule has 0 spiro atoms. The first kappa shape index (κ1) is 26.6. The fourth-order valence-electron chi connectivity index (χ4n) is 4.52. The summed E-state index contributed by atoms with van der Waals surface area (Å²) in [4.78, 5) is 12.7. The van der Waals surface area contributed by atoms with Crippen LogP contribution in [0.25, 0.3) is 0 Å². The molecule has 0 aromatic heterocycles. The number of benzene rings is 1. The lowest BCUT2D eigenvalue weighted by Crippen LogP contribution is -2.18. The largest absolute Gasteiger partial charge is 0.507 e. The Bertz CT molecular complexity index is 796. The number of aromatic hydroxyl groups is 1. The molecule has 0 aliphatic heterocycles. The van der Waals surface area contributed by atoms with Gasteiger partial charge in [-0.2, -0.15) is 0 Å². The number of thioether (sulfide) groups is 1. The number of hydrogen-bond acceptors (Lipinski definition) is 4. The highest BCUT2D eigenvalue weighted by Gasteiger charge is 2.31. The highest BCUT2D eigenvalue weighted by molar-refractivity contribution is 8.13. The lowest BCUT2D eigenvalue weighted by atomic mass is 9.73. The Morgan fingerprint density at radius 3 is 2.56 bits per heavy atom. The monoisotopic (exact) mass is 458 g/mol. The molecule has 2 atom stereocenters. The van der Waals surface area contributed by atoms with Gasteiger partial charge in [-0.1, -0.05) is 69.8 Å². The molecule has 4 heteroatoms. The zero-order chi connectivity index (χ0) is 23.5. The molecule has 0 saturated heterocycles. The molecule has 178 valence electrons. The standard InChI is InChI=1S/C28H42O3S/c1-6-8-10-12-16-32-28(30)31-26-19-22(13-11-9-7-2)18-25(29)27(26)24-17-21(5)14-15-23(24)20(3)4/h17-19,23-24,29H,3,6-16H2,1-2,4-5H3/t23-,24+/m0/s1. The topological polar surface area (TPSA) is 46.5 Å². The van der Waals surface area contributed by atoms with Crippen LogP contribution in [-0.4, -0.2) is 16.2 Å². The van der Waals surface area contributed by atoms with Crippen molar-refractivity contribution in [3.63, 3.8) is 0 Å². The van der Waals surface area contributed by atoms with Crippen molar-refractivity contribution in [3.8, 4) is 11.5 Å². The number of ether oxygens (including phenoxy) is 1. The Morgan fingerprint density at radius 2 is 1.88 bits per heavy atom. The zero-order valence-corrected chi connectivity index (χ0v) is 21.4. The van der Waals surface area contributed by atoms with Crippen LogP contribution in [-0.2, 0) is 6.42 Å². The summed E-state index contributed by atoms with van der Waals surface area (Å²) in [7, 11) is 0.